The molecule has 4 aromatic heterocycles. The summed E-state index contributed by atoms with van der Waals surface area (Å²) in [7, 11) is 3.34. The number of piperidine rings is 2. The third-order valence-electron chi connectivity index (χ3n) is 9.48. The van der Waals surface area contributed by atoms with Gasteiger partial charge in [-0.3, -0.25) is 13.2 Å². The molecule has 6 aromatic rings. The Morgan fingerprint density at radius 3 is 1.61 bits per heavy atom. The van der Waals surface area contributed by atoms with Gasteiger partial charge in [0.1, 0.15) is 29.0 Å². The van der Waals surface area contributed by atoms with Crippen molar-refractivity contribution in [2.24, 2.45) is 5.92 Å². The van der Waals surface area contributed by atoms with Gasteiger partial charge in [0.05, 0.1) is 43.0 Å². The van der Waals surface area contributed by atoms with Crippen molar-refractivity contribution in [3.8, 4) is 11.5 Å². The van der Waals surface area contributed by atoms with Crippen LogP contribution < -0.4 is 19.3 Å². The fourth-order valence-corrected chi connectivity index (χ4v) is 6.75. The van der Waals surface area contributed by atoms with Crippen LogP contribution in [0.3, 0.4) is 0 Å². The van der Waals surface area contributed by atoms with Gasteiger partial charge in [0, 0.05) is 74.2 Å². The minimum absolute atomic E-state index is 0.194. The number of methoxy groups -OCH3 is 2. The SMILES string of the molecule is COc1ccc2nc3cc(N4CCC(CC[18F])CC4)ccn3c2c1.COc1ccc2nc3cc(N4CCC([18F])CC4)ccn3c2c1. The molecule has 2 aromatic carbocycles. The van der Waals surface area contributed by atoms with Crippen LogP contribution >= 0.6 is 0 Å². The Labute approximate surface area is 267 Å². The molecule has 0 bridgehead atoms. The Hall–Kier alpha value is -4.60. The summed E-state index contributed by atoms with van der Waals surface area (Å²) < 4.78 is 40.5. The number of alkyl halides is 2. The average molecular weight is 625 g/mol. The van der Waals surface area contributed by atoms with Crippen LogP contribution in [0, 0.1) is 5.92 Å². The van der Waals surface area contributed by atoms with Crippen LogP contribution in [0.5, 0.6) is 11.5 Å². The second-order valence-electron chi connectivity index (χ2n) is 12.2. The zero-order chi connectivity index (χ0) is 31.6. The largest absolute Gasteiger partial charge is 0.497 e. The van der Waals surface area contributed by atoms with Gasteiger partial charge in [-0.15, -0.1) is 0 Å². The van der Waals surface area contributed by atoms with Crippen molar-refractivity contribution in [1.29, 1.82) is 0 Å². The van der Waals surface area contributed by atoms with Gasteiger partial charge in [-0.2, -0.15) is 0 Å². The summed E-state index contributed by atoms with van der Waals surface area (Å²) in [6, 6.07) is 20.2. The van der Waals surface area contributed by atoms with Gasteiger partial charge in [0.25, 0.3) is 0 Å². The Morgan fingerprint density at radius 1 is 0.674 bits per heavy atom. The zero-order valence-corrected chi connectivity index (χ0v) is 26.4. The van der Waals surface area contributed by atoms with Gasteiger partial charge in [-0.1, -0.05) is 0 Å². The molecule has 0 saturated carbocycles. The van der Waals surface area contributed by atoms with Crippen molar-refractivity contribution < 1.29 is 18.3 Å². The first-order valence-electron chi connectivity index (χ1n) is 16.1. The minimum atomic E-state index is -0.651. The normalized spacial score (nSPS) is 16.3. The van der Waals surface area contributed by atoms with Crippen molar-refractivity contribution in [3.63, 3.8) is 0 Å². The number of imidazole rings is 2. The van der Waals surface area contributed by atoms with E-state index in [9.17, 15) is 8.78 Å². The van der Waals surface area contributed by atoms with Gasteiger partial charge < -0.3 is 19.3 Å². The van der Waals surface area contributed by atoms with E-state index in [-0.39, 0.29) is 6.67 Å². The molecule has 0 radical (unpaired) electrons. The van der Waals surface area contributed by atoms with Crippen molar-refractivity contribution in [3.05, 3.63) is 73.1 Å². The number of nitrogens with zero attached hydrogens (tertiary/aromatic N) is 6. The fraction of sp³-hybridized carbons (Fsp3) is 0.389. The number of benzene rings is 2. The number of fused-ring (bicyclic) bond motifs is 6. The minimum Gasteiger partial charge on any atom is -0.497 e. The van der Waals surface area contributed by atoms with E-state index in [1.54, 1.807) is 14.2 Å². The van der Waals surface area contributed by atoms with E-state index in [1.165, 1.54) is 5.69 Å². The molecule has 0 atom stereocenters. The highest BCUT2D eigenvalue weighted by Crippen LogP contribution is 2.29. The first kappa shape index (κ1) is 30.1. The molecule has 10 heteroatoms. The van der Waals surface area contributed by atoms with Crippen LogP contribution in [-0.4, -0.2) is 72.0 Å². The molecule has 0 aliphatic carbocycles. The van der Waals surface area contributed by atoms with E-state index in [2.05, 4.69) is 54.0 Å². The Bertz CT molecular complexity index is 1960. The quantitative estimate of drug-likeness (QED) is 0.191. The Morgan fingerprint density at radius 2 is 1.15 bits per heavy atom. The summed E-state index contributed by atoms with van der Waals surface area (Å²) in [6.07, 6.45) is 7.53. The summed E-state index contributed by atoms with van der Waals surface area (Å²) in [5.74, 6) is 2.20. The van der Waals surface area contributed by atoms with Gasteiger partial charge in [0.2, 0.25) is 0 Å². The fourth-order valence-electron chi connectivity index (χ4n) is 6.75. The second-order valence-corrected chi connectivity index (χ2v) is 12.2. The van der Waals surface area contributed by atoms with E-state index in [0.29, 0.717) is 25.2 Å². The van der Waals surface area contributed by atoms with Crippen LogP contribution in [0.2, 0.25) is 0 Å². The predicted octanol–water partition coefficient (Wildman–Crippen LogP) is 7.51. The maximum absolute atomic E-state index is 13.3. The monoisotopic (exact) mass is 624 g/mol. The molecule has 6 heterocycles. The molecule has 240 valence electrons. The van der Waals surface area contributed by atoms with Gasteiger partial charge >= 0.3 is 0 Å². The van der Waals surface area contributed by atoms with Crippen molar-refractivity contribution >= 4 is 44.7 Å². The van der Waals surface area contributed by atoms with Gasteiger partial charge in [0.15, 0.2) is 0 Å². The number of hydrogen-bond acceptors (Lipinski definition) is 6. The van der Waals surface area contributed by atoms with Crippen LogP contribution in [0.4, 0.5) is 20.2 Å². The zero-order valence-electron chi connectivity index (χ0n) is 26.4. The van der Waals surface area contributed by atoms with E-state index in [1.807, 2.05) is 42.6 Å². The molecule has 2 fully saturated rings. The first-order valence-corrected chi connectivity index (χ1v) is 16.1. The Kier molecular flexibility index (Phi) is 8.51. The van der Waals surface area contributed by atoms with Crippen LogP contribution in [0.15, 0.2) is 73.1 Å². The van der Waals surface area contributed by atoms with Gasteiger partial charge in [-0.25, -0.2) is 14.4 Å². The molecule has 0 amide bonds. The third-order valence-corrected chi connectivity index (χ3v) is 9.48. The maximum atomic E-state index is 13.3. The summed E-state index contributed by atoms with van der Waals surface area (Å²) in [4.78, 5) is 14.0. The summed E-state index contributed by atoms with van der Waals surface area (Å²) in [5.41, 5.74) is 8.16. The smallest absolute Gasteiger partial charge is 0.139 e. The molecule has 8 rings (SSSR count). The number of halogens is 2. The highest BCUT2D eigenvalue weighted by Gasteiger charge is 2.21. The molecular weight excluding hydrogens is 584 g/mol. The molecule has 2 aliphatic rings. The first-order chi connectivity index (χ1) is 22.5. The lowest BCUT2D eigenvalue weighted by atomic mass is 9.94. The lowest BCUT2D eigenvalue weighted by Gasteiger charge is -2.33. The van der Waals surface area contributed by atoms with Crippen LogP contribution in [0.1, 0.15) is 32.1 Å². The topological polar surface area (TPSA) is 59.5 Å². The van der Waals surface area contributed by atoms with Crippen molar-refractivity contribution in [2.45, 2.75) is 38.3 Å². The molecule has 0 unspecified atom stereocenters. The standard InChI is InChI=1S/C19H22FN3O.C17H18FN3O/c1-24-16-2-3-17-18(13-16)23-11-7-15(12-19(23)21-17)22-9-5-14(4-8-20)6-10-22;1-22-14-2-3-15-16(11-14)21-9-6-13(10-17(21)19-15)20-7-4-12(18)5-8-20/h2-3,7,11-14H,4-6,8-10H2,1H3;2-3,6,9-12H,4-5,7-8H2,1H3/i20-1;18-1. The lowest BCUT2D eigenvalue weighted by Crippen LogP contribution is -2.34. The number of hydrogen-bond donors (Lipinski definition) is 0. The summed E-state index contributed by atoms with van der Waals surface area (Å²) in [5, 5.41) is 0. The van der Waals surface area contributed by atoms with E-state index in [0.717, 1.165) is 89.6 Å². The summed E-state index contributed by atoms with van der Waals surface area (Å²) in [6.45, 7) is 3.33. The van der Waals surface area contributed by atoms with Crippen molar-refractivity contribution in [2.75, 3.05) is 56.9 Å². The van der Waals surface area contributed by atoms with E-state index >= 15 is 0 Å². The van der Waals surface area contributed by atoms with E-state index in [4.69, 9.17) is 14.5 Å². The average Bonchev–Trinajstić information content (AvgIpc) is 3.65. The second kappa shape index (κ2) is 13.0. The number of rotatable bonds is 6. The molecule has 8 nitrogen and oxygen atoms in total. The molecule has 2 aliphatic heterocycles. The number of anilines is 2. The highest BCUT2D eigenvalue weighted by molar-refractivity contribution is 5.83. The molecular formula is C36H40F2N6O2. The third kappa shape index (κ3) is 6.00. The van der Waals surface area contributed by atoms with E-state index < -0.39 is 6.17 Å². The Balaban J connectivity index is 0.000000147. The predicted molar refractivity (Wildman–Crippen MR) is 180 cm³/mol. The molecule has 0 N–H and O–H groups in total. The van der Waals surface area contributed by atoms with Gasteiger partial charge in [-0.05, 0) is 74.4 Å². The lowest BCUT2D eigenvalue weighted by molar-refractivity contribution is 0.277. The number of aromatic nitrogens is 4. The highest BCUT2D eigenvalue weighted by atomic mass is 18.2. The number of pyridine rings is 2. The molecule has 0 spiro atoms. The van der Waals surface area contributed by atoms with Crippen LogP contribution in [-0.2, 0) is 0 Å². The number of ether oxygens (including phenoxy) is 2. The summed E-state index contributed by atoms with van der Waals surface area (Å²) >= 11 is 0. The maximum Gasteiger partial charge on any atom is 0.139 e. The molecule has 46 heavy (non-hydrogen) atoms. The molecule has 2 saturated heterocycles. The van der Waals surface area contributed by atoms with Crippen molar-refractivity contribution in [1.82, 2.24) is 18.8 Å². The van der Waals surface area contributed by atoms with Crippen LogP contribution in [0.25, 0.3) is 33.4 Å².